The molecule has 2 nitrogen and oxygen atoms in total. The Labute approximate surface area is 157 Å². The molecule has 1 N–H and O–H groups in total. The van der Waals surface area contributed by atoms with Crippen LogP contribution in [-0.4, -0.2) is 0 Å². The van der Waals surface area contributed by atoms with Crippen molar-refractivity contribution in [2.75, 3.05) is 5.32 Å². The third-order valence-electron chi connectivity index (χ3n) is 5.48. The summed E-state index contributed by atoms with van der Waals surface area (Å²) in [7, 11) is 0. The standard InChI is InChI=1S/C25H17NO/c1-2-7-19-16(6-1)14-17-15-18(12-13-20(17)19)26-22-9-5-11-24-25(22)21-8-3-4-10-23(21)27-24/h1-13,15,26H,14H2. The maximum Gasteiger partial charge on any atom is 0.137 e. The first-order valence-electron chi connectivity index (χ1n) is 9.25. The molecule has 0 aliphatic heterocycles. The van der Waals surface area contributed by atoms with Crippen LogP contribution in [-0.2, 0) is 6.42 Å². The topological polar surface area (TPSA) is 25.2 Å². The van der Waals surface area contributed by atoms with E-state index < -0.39 is 0 Å². The van der Waals surface area contributed by atoms with Crippen LogP contribution in [0.5, 0.6) is 0 Å². The number of anilines is 2. The Morgan fingerprint density at radius 1 is 0.667 bits per heavy atom. The van der Waals surface area contributed by atoms with Gasteiger partial charge in [0.2, 0.25) is 0 Å². The second kappa shape index (κ2) is 5.49. The SMILES string of the molecule is c1ccc2c(c1)Cc1cc(Nc3cccc4oc5ccccc5c34)ccc1-2. The number of fused-ring (bicyclic) bond motifs is 6. The van der Waals surface area contributed by atoms with Crippen LogP contribution >= 0.6 is 0 Å². The average Bonchev–Trinajstić information content (AvgIpc) is 3.26. The molecule has 1 aliphatic carbocycles. The quantitative estimate of drug-likeness (QED) is 0.368. The fourth-order valence-electron chi connectivity index (χ4n) is 4.26. The van der Waals surface area contributed by atoms with E-state index in [9.17, 15) is 0 Å². The molecule has 0 spiro atoms. The predicted molar refractivity (Wildman–Crippen MR) is 112 cm³/mol. The summed E-state index contributed by atoms with van der Waals surface area (Å²) in [6.07, 6.45) is 1.000. The van der Waals surface area contributed by atoms with E-state index in [1.807, 2.05) is 24.3 Å². The highest BCUT2D eigenvalue weighted by Crippen LogP contribution is 2.39. The Balaban J connectivity index is 1.45. The molecule has 1 heterocycles. The highest BCUT2D eigenvalue weighted by Gasteiger charge is 2.18. The van der Waals surface area contributed by atoms with Crippen molar-refractivity contribution in [3.05, 3.63) is 96.1 Å². The summed E-state index contributed by atoms with van der Waals surface area (Å²) in [5.74, 6) is 0. The number of furan rings is 1. The van der Waals surface area contributed by atoms with Crippen molar-refractivity contribution >= 4 is 33.3 Å². The minimum absolute atomic E-state index is 0.912. The van der Waals surface area contributed by atoms with Gasteiger partial charge in [0.05, 0.1) is 11.1 Å². The molecule has 0 amide bonds. The average molecular weight is 347 g/mol. The van der Waals surface area contributed by atoms with Gasteiger partial charge in [-0.1, -0.05) is 54.6 Å². The number of rotatable bonds is 2. The van der Waals surface area contributed by atoms with Crippen molar-refractivity contribution in [1.82, 2.24) is 0 Å². The Hall–Kier alpha value is -3.52. The highest BCUT2D eigenvalue weighted by atomic mass is 16.3. The largest absolute Gasteiger partial charge is 0.456 e. The van der Waals surface area contributed by atoms with Crippen molar-refractivity contribution in [3.63, 3.8) is 0 Å². The number of nitrogens with one attached hydrogen (secondary N) is 1. The number of hydrogen-bond acceptors (Lipinski definition) is 2. The lowest BCUT2D eigenvalue weighted by molar-refractivity contribution is 0.669. The third kappa shape index (κ3) is 2.20. The molecule has 0 atom stereocenters. The van der Waals surface area contributed by atoms with Crippen LogP contribution in [0.4, 0.5) is 11.4 Å². The summed E-state index contributed by atoms with van der Waals surface area (Å²) < 4.78 is 6.01. The van der Waals surface area contributed by atoms with Crippen LogP contribution in [0.1, 0.15) is 11.1 Å². The number of hydrogen-bond donors (Lipinski definition) is 1. The van der Waals surface area contributed by atoms with Crippen LogP contribution in [0.25, 0.3) is 33.1 Å². The van der Waals surface area contributed by atoms with Crippen LogP contribution in [0.15, 0.2) is 89.3 Å². The second-order valence-electron chi connectivity index (χ2n) is 7.11. The molecule has 4 aromatic carbocycles. The summed E-state index contributed by atoms with van der Waals surface area (Å²) in [4.78, 5) is 0. The fraction of sp³-hybridized carbons (Fsp3) is 0.0400. The molecule has 0 radical (unpaired) electrons. The summed E-state index contributed by atoms with van der Waals surface area (Å²) in [5.41, 5.74) is 9.52. The van der Waals surface area contributed by atoms with E-state index in [2.05, 4.69) is 66.0 Å². The van der Waals surface area contributed by atoms with Gasteiger partial charge in [0.1, 0.15) is 11.2 Å². The number of para-hydroxylation sites is 1. The predicted octanol–water partition coefficient (Wildman–Crippen LogP) is 6.90. The van der Waals surface area contributed by atoms with E-state index in [-0.39, 0.29) is 0 Å². The molecule has 0 saturated heterocycles. The van der Waals surface area contributed by atoms with Gasteiger partial charge in [0.25, 0.3) is 0 Å². The maximum atomic E-state index is 6.01. The Morgan fingerprint density at radius 3 is 2.48 bits per heavy atom. The molecule has 1 aromatic heterocycles. The summed E-state index contributed by atoms with van der Waals surface area (Å²) in [5, 5.41) is 5.90. The van der Waals surface area contributed by atoms with Gasteiger partial charge in [-0.05, 0) is 59.0 Å². The minimum atomic E-state index is 0.912. The van der Waals surface area contributed by atoms with Crippen LogP contribution in [0.3, 0.4) is 0 Å². The highest BCUT2D eigenvalue weighted by molar-refractivity contribution is 6.12. The molecule has 6 rings (SSSR count). The zero-order valence-electron chi connectivity index (χ0n) is 14.7. The monoisotopic (exact) mass is 347 g/mol. The van der Waals surface area contributed by atoms with E-state index in [0.29, 0.717) is 0 Å². The van der Waals surface area contributed by atoms with Gasteiger partial charge < -0.3 is 9.73 Å². The molecule has 27 heavy (non-hydrogen) atoms. The van der Waals surface area contributed by atoms with E-state index in [1.54, 1.807) is 0 Å². The molecular weight excluding hydrogens is 330 g/mol. The third-order valence-corrected chi connectivity index (χ3v) is 5.48. The van der Waals surface area contributed by atoms with Crippen LogP contribution in [0, 0.1) is 0 Å². The van der Waals surface area contributed by atoms with Gasteiger partial charge in [-0.25, -0.2) is 0 Å². The van der Waals surface area contributed by atoms with Crippen LogP contribution in [0.2, 0.25) is 0 Å². The first kappa shape index (κ1) is 14.6. The van der Waals surface area contributed by atoms with Crippen LogP contribution < -0.4 is 5.32 Å². The van der Waals surface area contributed by atoms with Gasteiger partial charge in [-0.2, -0.15) is 0 Å². The van der Waals surface area contributed by atoms with Crippen molar-refractivity contribution in [3.8, 4) is 11.1 Å². The Bertz CT molecular complexity index is 1330. The Kier molecular flexibility index (Phi) is 2.97. The summed E-state index contributed by atoms with van der Waals surface area (Å²) >= 11 is 0. The molecule has 0 unspecified atom stereocenters. The molecule has 0 bridgehead atoms. The number of benzene rings is 4. The van der Waals surface area contributed by atoms with E-state index >= 15 is 0 Å². The first-order valence-corrected chi connectivity index (χ1v) is 9.25. The summed E-state index contributed by atoms with van der Waals surface area (Å²) in [6, 6.07) is 29.7. The van der Waals surface area contributed by atoms with Gasteiger partial charge >= 0.3 is 0 Å². The van der Waals surface area contributed by atoms with Crippen molar-refractivity contribution in [2.24, 2.45) is 0 Å². The molecule has 0 saturated carbocycles. The smallest absolute Gasteiger partial charge is 0.137 e. The van der Waals surface area contributed by atoms with Gasteiger partial charge in [-0.3, -0.25) is 0 Å². The zero-order chi connectivity index (χ0) is 17.8. The zero-order valence-corrected chi connectivity index (χ0v) is 14.7. The van der Waals surface area contributed by atoms with E-state index in [1.165, 1.54) is 22.3 Å². The molecule has 2 heteroatoms. The van der Waals surface area contributed by atoms with E-state index in [4.69, 9.17) is 4.42 Å². The molecule has 5 aromatic rings. The fourth-order valence-corrected chi connectivity index (χ4v) is 4.26. The van der Waals surface area contributed by atoms with Gasteiger partial charge in [0.15, 0.2) is 0 Å². The van der Waals surface area contributed by atoms with Crippen molar-refractivity contribution in [2.45, 2.75) is 6.42 Å². The molecule has 0 fully saturated rings. The van der Waals surface area contributed by atoms with Crippen molar-refractivity contribution in [1.29, 1.82) is 0 Å². The first-order chi connectivity index (χ1) is 13.4. The maximum absolute atomic E-state index is 6.01. The molecule has 128 valence electrons. The van der Waals surface area contributed by atoms with E-state index in [0.717, 1.165) is 39.7 Å². The molecular formula is C25H17NO. The van der Waals surface area contributed by atoms with Gasteiger partial charge in [0, 0.05) is 11.1 Å². The minimum Gasteiger partial charge on any atom is -0.456 e. The lowest BCUT2D eigenvalue weighted by Crippen LogP contribution is -1.92. The van der Waals surface area contributed by atoms with Crippen molar-refractivity contribution < 1.29 is 4.42 Å². The Morgan fingerprint density at radius 2 is 1.48 bits per heavy atom. The second-order valence-corrected chi connectivity index (χ2v) is 7.11. The normalized spacial score (nSPS) is 12.3. The van der Waals surface area contributed by atoms with Gasteiger partial charge in [-0.15, -0.1) is 0 Å². The lowest BCUT2D eigenvalue weighted by Gasteiger charge is -2.10. The molecule has 1 aliphatic rings. The summed E-state index contributed by atoms with van der Waals surface area (Å²) in [6.45, 7) is 0. The lowest BCUT2D eigenvalue weighted by atomic mass is 10.1.